The van der Waals surface area contributed by atoms with E-state index in [2.05, 4.69) is 29.1 Å². The van der Waals surface area contributed by atoms with Crippen LogP contribution < -0.4 is 0 Å². The number of benzene rings is 1. The molecule has 0 spiro atoms. The highest BCUT2D eigenvalue weighted by molar-refractivity contribution is 6.43. The number of rotatable bonds is 2. The van der Waals surface area contributed by atoms with Crippen molar-refractivity contribution in [1.29, 1.82) is 0 Å². The first-order chi connectivity index (χ1) is 9.68. The molecule has 0 saturated carbocycles. The van der Waals surface area contributed by atoms with Crippen LogP contribution in [0.1, 0.15) is 24.4 Å². The predicted molar refractivity (Wildman–Crippen MR) is 84.3 cm³/mol. The highest BCUT2D eigenvalue weighted by atomic mass is 35.5. The second-order valence-electron chi connectivity index (χ2n) is 5.20. The summed E-state index contributed by atoms with van der Waals surface area (Å²) in [4.78, 5) is 6.61. The Labute approximate surface area is 129 Å². The predicted octanol–water partition coefficient (Wildman–Crippen LogP) is 4.82. The van der Waals surface area contributed by atoms with Gasteiger partial charge in [0.05, 0.1) is 5.02 Å². The van der Waals surface area contributed by atoms with Gasteiger partial charge in [0.2, 0.25) is 0 Å². The lowest BCUT2D eigenvalue weighted by Gasteiger charge is -2.23. The average Bonchev–Trinajstić information content (AvgIpc) is 2.89. The number of likely N-dealkylation sites (tertiary alicyclic amines) is 1. The molecule has 104 valence electrons. The molecule has 0 N–H and O–H groups in total. The Morgan fingerprint density at radius 2 is 1.95 bits per heavy atom. The highest BCUT2D eigenvalue weighted by Crippen LogP contribution is 2.41. The van der Waals surface area contributed by atoms with Crippen molar-refractivity contribution in [1.82, 2.24) is 9.88 Å². The lowest BCUT2D eigenvalue weighted by molar-refractivity contribution is 0.317. The summed E-state index contributed by atoms with van der Waals surface area (Å²) < 4.78 is 0. The summed E-state index contributed by atoms with van der Waals surface area (Å²) in [5.74, 6) is 0. The second kappa shape index (κ2) is 5.72. The standard InChI is InChI=1S/C16H16Cl2N2/c1-20-9-5-8-13(20)12-10-19-16(18)15(17)14(12)11-6-3-2-4-7-11/h2-4,6-7,10,13H,5,8-9H2,1H3/t13-/m0/s1. The molecule has 2 heterocycles. The smallest absolute Gasteiger partial charge is 0.148 e. The molecule has 3 rings (SSSR count). The van der Waals surface area contributed by atoms with Crippen LogP contribution >= 0.6 is 23.2 Å². The summed E-state index contributed by atoms with van der Waals surface area (Å²) in [6, 6.07) is 10.5. The lowest BCUT2D eigenvalue weighted by Crippen LogP contribution is -2.18. The minimum Gasteiger partial charge on any atom is -0.299 e. The van der Waals surface area contributed by atoms with Crippen LogP contribution in [0, 0.1) is 0 Å². The molecule has 1 aromatic heterocycles. The zero-order valence-corrected chi connectivity index (χ0v) is 12.8. The Balaban J connectivity index is 2.18. The summed E-state index contributed by atoms with van der Waals surface area (Å²) in [7, 11) is 2.15. The zero-order valence-electron chi connectivity index (χ0n) is 11.3. The van der Waals surface area contributed by atoms with E-state index in [1.165, 1.54) is 12.0 Å². The van der Waals surface area contributed by atoms with Crippen LogP contribution in [0.5, 0.6) is 0 Å². The van der Waals surface area contributed by atoms with Crippen LogP contribution in [-0.4, -0.2) is 23.5 Å². The number of pyridine rings is 1. The molecule has 1 aliphatic heterocycles. The Morgan fingerprint density at radius 1 is 1.20 bits per heavy atom. The number of nitrogens with zero attached hydrogens (tertiary/aromatic N) is 2. The maximum atomic E-state index is 6.45. The van der Waals surface area contributed by atoms with Gasteiger partial charge in [0.25, 0.3) is 0 Å². The van der Waals surface area contributed by atoms with Crippen molar-refractivity contribution in [3.8, 4) is 11.1 Å². The first-order valence-electron chi connectivity index (χ1n) is 6.78. The summed E-state index contributed by atoms with van der Waals surface area (Å²) in [6.07, 6.45) is 4.22. The van der Waals surface area contributed by atoms with E-state index in [0.717, 1.165) is 24.1 Å². The molecule has 1 aliphatic rings. The summed E-state index contributed by atoms with van der Waals surface area (Å²) in [5.41, 5.74) is 3.29. The third kappa shape index (κ3) is 2.44. The van der Waals surface area contributed by atoms with Crippen molar-refractivity contribution < 1.29 is 0 Å². The molecule has 1 saturated heterocycles. The van der Waals surface area contributed by atoms with Crippen molar-refractivity contribution in [2.24, 2.45) is 0 Å². The molecule has 2 aromatic rings. The van der Waals surface area contributed by atoms with E-state index in [-0.39, 0.29) is 0 Å². The third-order valence-corrected chi connectivity index (χ3v) is 4.70. The van der Waals surface area contributed by atoms with Crippen LogP contribution in [-0.2, 0) is 0 Å². The van der Waals surface area contributed by atoms with E-state index < -0.39 is 0 Å². The van der Waals surface area contributed by atoms with Gasteiger partial charge in [-0.25, -0.2) is 4.98 Å². The molecular formula is C16H16Cl2N2. The Kier molecular flexibility index (Phi) is 3.97. The molecule has 0 bridgehead atoms. The van der Waals surface area contributed by atoms with Crippen molar-refractivity contribution in [2.75, 3.05) is 13.6 Å². The van der Waals surface area contributed by atoms with Crippen LogP contribution in [0.3, 0.4) is 0 Å². The minimum absolute atomic E-state index is 0.368. The van der Waals surface area contributed by atoms with Gasteiger partial charge in [-0.3, -0.25) is 4.90 Å². The van der Waals surface area contributed by atoms with E-state index >= 15 is 0 Å². The monoisotopic (exact) mass is 306 g/mol. The molecular weight excluding hydrogens is 291 g/mol. The van der Waals surface area contributed by atoms with Crippen LogP contribution in [0.4, 0.5) is 0 Å². The molecule has 4 heteroatoms. The maximum Gasteiger partial charge on any atom is 0.148 e. The van der Waals surface area contributed by atoms with Crippen molar-refractivity contribution >= 4 is 23.2 Å². The summed E-state index contributed by atoms with van der Waals surface area (Å²) in [5, 5.41) is 0.922. The Hall–Kier alpha value is -1.09. The van der Waals surface area contributed by atoms with Crippen molar-refractivity contribution in [2.45, 2.75) is 18.9 Å². The van der Waals surface area contributed by atoms with Gasteiger partial charge in [-0.15, -0.1) is 0 Å². The molecule has 0 radical (unpaired) electrons. The second-order valence-corrected chi connectivity index (χ2v) is 5.93. The molecule has 20 heavy (non-hydrogen) atoms. The molecule has 1 atom stereocenters. The van der Waals surface area contributed by atoms with E-state index in [9.17, 15) is 0 Å². The summed E-state index contributed by atoms with van der Waals surface area (Å²) >= 11 is 12.6. The Morgan fingerprint density at radius 3 is 2.60 bits per heavy atom. The van der Waals surface area contributed by atoms with E-state index in [1.807, 2.05) is 24.4 Å². The van der Waals surface area contributed by atoms with Gasteiger partial charge in [-0.2, -0.15) is 0 Å². The van der Waals surface area contributed by atoms with Gasteiger partial charge >= 0.3 is 0 Å². The topological polar surface area (TPSA) is 16.1 Å². The highest BCUT2D eigenvalue weighted by Gasteiger charge is 2.27. The average molecular weight is 307 g/mol. The number of halogens is 2. The minimum atomic E-state index is 0.368. The van der Waals surface area contributed by atoms with Gasteiger partial charge in [0.1, 0.15) is 5.15 Å². The van der Waals surface area contributed by atoms with E-state index in [1.54, 1.807) is 0 Å². The summed E-state index contributed by atoms with van der Waals surface area (Å²) in [6.45, 7) is 1.11. The first-order valence-corrected chi connectivity index (χ1v) is 7.53. The van der Waals surface area contributed by atoms with E-state index in [0.29, 0.717) is 16.2 Å². The van der Waals surface area contributed by atoms with Crippen LogP contribution in [0.2, 0.25) is 10.2 Å². The first kappa shape index (κ1) is 13.9. The fraction of sp³-hybridized carbons (Fsp3) is 0.312. The van der Waals surface area contributed by atoms with Gasteiger partial charge in [-0.1, -0.05) is 53.5 Å². The van der Waals surface area contributed by atoms with Crippen LogP contribution in [0.25, 0.3) is 11.1 Å². The van der Waals surface area contributed by atoms with Crippen LogP contribution in [0.15, 0.2) is 36.5 Å². The van der Waals surface area contributed by atoms with Gasteiger partial charge in [0, 0.05) is 17.8 Å². The van der Waals surface area contributed by atoms with Crippen molar-refractivity contribution in [3.05, 3.63) is 52.3 Å². The quantitative estimate of drug-likeness (QED) is 0.739. The Bertz CT molecular complexity index is 613. The molecule has 1 aromatic carbocycles. The SMILES string of the molecule is CN1CCC[C@H]1c1cnc(Cl)c(Cl)c1-c1ccccc1. The molecule has 0 amide bonds. The fourth-order valence-electron chi connectivity index (χ4n) is 2.93. The van der Waals surface area contributed by atoms with E-state index in [4.69, 9.17) is 23.2 Å². The van der Waals surface area contributed by atoms with Gasteiger partial charge in [0.15, 0.2) is 0 Å². The molecule has 2 nitrogen and oxygen atoms in total. The maximum absolute atomic E-state index is 6.45. The molecule has 0 unspecified atom stereocenters. The zero-order chi connectivity index (χ0) is 14.1. The third-order valence-electron chi connectivity index (χ3n) is 3.95. The number of hydrogen-bond acceptors (Lipinski definition) is 2. The normalized spacial score (nSPS) is 19.4. The molecule has 0 aliphatic carbocycles. The largest absolute Gasteiger partial charge is 0.299 e. The van der Waals surface area contributed by atoms with Gasteiger partial charge < -0.3 is 0 Å². The lowest BCUT2D eigenvalue weighted by atomic mass is 9.95. The van der Waals surface area contributed by atoms with Crippen molar-refractivity contribution in [3.63, 3.8) is 0 Å². The fourth-order valence-corrected chi connectivity index (χ4v) is 3.34. The number of aromatic nitrogens is 1. The molecule has 1 fully saturated rings. The van der Waals surface area contributed by atoms with Gasteiger partial charge in [-0.05, 0) is 37.6 Å². The number of hydrogen-bond donors (Lipinski definition) is 0.